The van der Waals surface area contributed by atoms with Gasteiger partial charge in [0.15, 0.2) is 0 Å². The van der Waals surface area contributed by atoms with Crippen LogP contribution < -0.4 is 4.90 Å². The van der Waals surface area contributed by atoms with E-state index < -0.39 is 0 Å². The maximum absolute atomic E-state index is 5.25. The zero-order chi connectivity index (χ0) is 31.9. The van der Waals surface area contributed by atoms with Crippen molar-refractivity contribution in [2.45, 2.75) is 0 Å². The van der Waals surface area contributed by atoms with Gasteiger partial charge in [0.1, 0.15) is 0 Å². The maximum atomic E-state index is 5.25. The fraction of sp³-hybridized carbons (Fsp3) is 0. The quantitative estimate of drug-likeness (QED) is 0.187. The number of rotatable bonds is 6. The number of hydrogen-bond donors (Lipinski definition) is 0. The average molecular weight is 615 g/mol. The van der Waals surface area contributed by atoms with Crippen LogP contribution in [0, 0.1) is 0 Å². The van der Waals surface area contributed by atoms with E-state index in [9.17, 15) is 0 Å². The standard InChI is InChI=1S/C44H30N4/c1-4-14-32(15-5-1)43-39-21-10-12-22-40(39)45-44(46-43)48-41-23-13-11-20-37(41)38-29-26-33(30-42(38)48)31-24-27-36(28-25-31)47(34-16-6-2-7-17-34)35-18-8-3-9-19-35/h1-30H. The Labute approximate surface area is 278 Å². The molecule has 226 valence electrons. The molecule has 9 rings (SSSR count). The predicted molar refractivity (Wildman–Crippen MR) is 199 cm³/mol. The van der Waals surface area contributed by atoms with Crippen molar-refractivity contribution in [2.75, 3.05) is 4.90 Å². The minimum atomic E-state index is 0.660. The average Bonchev–Trinajstić information content (AvgIpc) is 3.50. The fourth-order valence-corrected chi connectivity index (χ4v) is 6.75. The molecule has 4 nitrogen and oxygen atoms in total. The molecular weight excluding hydrogens is 585 g/mol. The highest BCUT2D eigenvalue weighted by atomic mass is 15.2. The first-order chi connectivity index (χ1) is 23.8. The van der Waals surface area contributed by atoms with Crippen molar-refractivity contribution in [1.82, 2.24) is 14.5 Å². The fourth-order valence-electron chi connectivity index (χ4n) is 6.75. The molecule has 0 unspecified atom stereocenters. The summed E-state index contributed by atoms with van der Waals surface area (Å²) in [6, 6.07) is 63.7. The highest BCUT2D eigenvalue weighted by Crippen LogP contribution is 2.38. The van der Waals surface area contributed by atoms with E-state index in [1.54, 1.807) is 0 Å². The summed E-state index contributed by atoms with van der Waals surface area (Å²) in [5.41, 5.74) is 10.7. The summed E-state index contributed by atoms with van der Waals surface area (Å²) in [4.78, 5) is 12.7. The topological polar surface area (TPSA) is 34.0 Å². The first-order valence-electron chi connectivity index (χ1n) is 16.2. The molecule has 9 aromatic rings. The predicted octanol–water partition coefficient (Wildman–Crippen LogP) is 11.5. The number of anilines is 3. The van der Waals surface area contributed by atoms with Gasteiger partial charge in [0.05, 0.1) is 22.2 Å². The number of para-hydroxylation sites is 4. The largest absolute Gasteiger partial charge is 0.311 e. The van der Waals surface area contributed by atoms with Crippen LogP contribution in [0.5, 0.6) is 0 Å². The Balaban J connectivity index is 1.20. The van der Waals surface area contributed by atoms with E-state index in [0.29, 0.717) is 5.95 Å². The van der Waals surface area contributed by atoms with Crippen LogP contribution in [0.1, 0.15) is 0 Å². The van der Waals surface area contributed by atoms with Crippen molar-refractivity contribution in [2.24, 2.45) is 0 Å². The van der Waals surface area contributed by atoms with Crippen LogP contribution in [0.3, 0.4) is 0 Å². The molecule has 0 saturated heterocycles. The van der Waals surface area contributed by atoms with Crippen LogP contribution >= 0.6 is 0 Å². The molecule has 0 fully saturated rings. The van der Waals surface area contributed by atoms with Crippen LogP contribution in [0.2, 0.25) is 0 Å². The van der Waals surface area contributed by atoms with Gasteiger partial charge in [0.25, 0.3) is 0 Å². The highest BCUT2D eigenvalue weighted by molar-refractivity contribution is 6.10. The molecule has 0 aliphatic rings. The van der Waals surface area contributed by atoms with Crippen molar-refractivity contribution in [3.63, 3.8) is 0 Å². The molecule has 4 heteroatoms. The second-order valence-corrected chi connectivity index (χ2v) is 11.9. The van der Waals surface area contributed by atoms with E-state index in [2.05, 4.69) is 179 Å². The molecule has 0 spiro atoms. The molecule has 0 saturated carbocycles. The lowest BCUT2D eigenvalue weighted by Gasteiger charge is -2.25. The molecule has 0 bridgehead atoms. The molecule has 0 atom stereocenters. The molecule has 0 aliphatic heterocycles. The normalized spacial score (nSPS) is 11.3. The van der Waals surface area contributed by atoms with Crippen molar-refractivity contribution < 1.29 is 0 Å². The first-order valence-corrected chi connectivity index (χ1v) is 16.2. The monoisotopic (exact) mass is 614 g/mol. The van der Waals surface area contributed by atoms with Gasteiger partial charge in [0.2, 0.25) is 5.95 Å². The summed E-state index contributed by atoms with van der Waals surface area (Å²) in [7, 11) is 0. The van der Waals surface area contributed by atoms with Gasteiger partial charge in [-0.25, -0.2) is 9.97 Å². The van der Waals surface area contributed by atoms with Gasteiger partial charge in [-0.3, -0.25) is 4.57 Å². The third kappa shape index (κ3) is 4.79. The van der Waals surface area contributed by atoms with Crippen LogP contribution in [-0.2, 0) is 0 Å². The lowest BCUT2D eigenvalue weighted by molar-refractivity contribution is 1.01. The summed E-state index contributed by atoms with van der Waals surface area (Å²) in [5, 5.41) is 3.38. The van der Waals surface area contributed by atoms with E-state index in [4.69, 9.17) is 9.97 Å². The van der Waals surface area contributed by atoms with Gasteiger partial charge in [-0.05, 0) is 65.7 Å². The van der Waals surface area contributed by atoms with Crippen LogP contribution in [0.4, 0.5) is 17.1 Å². The van der Waals surface area contributed by atoms with Gasteiger partial charge in [-0.2, -0.15) is 0 Å². The molecule has 0 N–H and O–H groups in total. The highest BCUT2D eigenvalue weighted by Gasteiger charge is 2.18. The summed E-state index contributed by atoms with van der Waals surface area (Å²) >= 11 is 0. The smallest absolute Gasteiger partial charge is 0.235 e. The third-order valence-corrected chi connectivity index (χ3v) is 9.00. The van der Waals surface area contributed by atoms with Gasteiger partial charge in [-0.1, -0.05) is 127 Å². The first kappa shape index (κ1) is 27.8. The number of nitrogens with zero attached hydrogens (tertiary/aromatic N) is 4. The number of fused-ring (bicyclic) bond motifs is 4. The van der Waals surface area contributed by atoms with Crippen molar-refractivity contribution in [3.8, 4) is 28.3 Å². The van der Waals surface area contributed by atoms with Gasteiger partial charge in [0, 0.05) is 38.8 Å². The molecule has 0 amide bonds. The lowest BCUT2D eigenvalue weighted by Crippen LogP contribution is -2.09. The Morgan fingerprint density at radius 2 is 0.917 bits per heavy atom. The number of benzene rings is 7. The third-order valence-electron chi connectivity index (χ3n) is 9.00. The Morgan fingerprint density at radius 1 is 0.375 bits per heavy atom. The van der Waals surface area contributed by atoms with Crippen molar-refractivity contribution >= 4 is 49.8 Å². The van der Waals surface area contributed by atoms with Gasteiger partial charge >= 0.3 is 0 Å². The summed E-state index contributed by atoms with van der Waals surface area (Å²) in [6.07, 6.45) is 0. The molecule has 48 heavy (non-hydrogen) atoms. The summed E-state index contributed by atoms with van der Waals surface area (Å²) in [6.45, 7) is 0. The molecule has 0 radical (unpaired) electrons. The van der Waals surface area contributed by atoms with Crippen LogP contribution in [0.15, 0.2) is 182 Å². The molecule has 2 aromatic heterocycles. The van der Waals surface area contributed by atoms with Crippen molar-refractivity contribution in [1.29, 1.82) is 0 Å². The molecule has 2 heterocycles. The lowest BCUT2D eigenvalue weighted by atomic mass is 10.0. The van der Waals surface area contributed by atoms with Crippen LogP contribution in [-0.4, -0.2) is 14.5 Å². The van der Waals surface area contributed by atoms with E-state index in [0.717, 1.165) is 61.4 Å². The SMILES string of the molecule is c1ccc(-c2nc(-n3c4ccccc4c4ccc(-c5ccc(N(c6ccccc6)c6ccccc6)cc5)cc43)nc3ccccc23)cc1. The van der Waals surface area contributed by atoms with Gasteiger partial charge in [-0.15, -0.1) is 0 Å². The van der Waals surface area contributed by atoms with Crippen LogP contribution in [0.25, 0.3) is 61.0 Å². The Bertz CT molecular complexity index is 2500. The minimum absolute atomic E-state index is 0.660. The summed E-state index contributed by atoms with van der Waals surface area (Å²) < 4.78 is 2.22. The van der Waals surface area contributed by atoms with Crippen molar-refractivity contribution in [3.05, 3.63) is 182 Å². The molecule has 0 aliphatic carbocycles. The zero-order valence-corrected chi connectivity index (χ0v) is 26.1. The summed E-state index contributed by atoms with van der Waals surface area (Å²) in [5.74, 6) is 0.660. The van der Waals surface area contributed by atoms with E-state index in [1.807, 2.05) is 12.1 Å². The Kier molecular flexibility index (Phi) is 6.76. The van der Waals surface area contributed by atoms with E-state index >= 15 is 0 Å². The number of aromatic nitrogens is 3. The second-order valence-electron chi connectivity index (χ2n) is 11.9. The van der Waals surface area contributed by atoms with E-state index in [1.165, 1.54) is 10.8 Å². The number of hydrogen-bond acceptors (Lipinski definition) is 3. The zero-order valence-electron chi connectivity index (χ0n) is 26.1. The van der Waals surface area contributed by atoms with Gasteiger partial charge < -0.3 is 4.90 Å². The minimum Gasteiger partial charge on any atom is -0.311 e. The maximum Gasteiger partial charge on any atom is 0.235 e. The molecular formula is C44H30N4. The Hall–Kier alpha value is -6.52. The second kappa shape index (κ2) is 11.7. The molecule has 7 aromatic carbocycles. The Morgan fingerprint density at radius 3 is 1.62 bits per heavy atom. The van der Waals surface area contributed by atoms with E-state index in [-0.39, 0.29) is 0 Å².